The lowest BCUT2D eigenvalue weighted by atomic mass is 10.4. The molecule has 5 nitrogen and oxygen atoms in total. The predicted molar refractivity (Wildman–Crippen MR) is 121 cm³/mol. The first-order chi connectivity index (χ1) is 12.3. The molecule has 2 aromatic rings. The van der Waals surface area contributed by atoms with E-state index in [4.69, 9.17) is 4.99 Å². The number of aryl methyl sites for hydroxylation is 1. The van der Waals surface area contributed by atoms with Crippen LogP contribution in [0.3, 0.4) is 0 Å². The van der Waals surface area contributed by atoms with E-state index in [1.54, 1.807) is 0 Å². The van der Waals surface area contributed by atoms with Crippen LogP contribution in [0.25, 0.3) is 0 Å². The number of rotatable bonds is 9. The second-order valence-corrected chi connectivity index (χ2v) is 7.88. The molecule has 0 saturated heterocycles. The number of thioether (sulfide) groups is 1. The molecule has 0 amide bonds. The minimum Gasteiger partial charge on any atom is -0.357 e. The molecule has 1 heterocycles. The number of aromatic nitrogens is 2. The highest BCUT2D eigenvalue weighted by molar-refractivity contribution is 14.0. The van der Waals surface area contributed by atoms with Gasteiger partial charge in [0.2, 0.25) is 0 Å². The fraction of sp³-hybridized carbons (Fsp3) is 0.474. The molecule has 0 unspecified atom stereocenters. The Morgan fingerprint density at radius 1 is 1.23 bits per heavy atom. The first-order valence-corrected chi connectivity index (χ1v) is 9.85. The topological polar surface area (TPSA) is 54.2 Å². The van der Waals surface area contributed by atoms with Gasteiger partial charge in [-0.2, -0.15) is 5.10 Å². The quantitative estimate of drug-likeness (QED) is 0.246. The maximum Gasteiger partial charge on any atom is 0.191 e. The number of benzene rings is 1. The number of nitrogens with one attached hydrogen (secondary N) is 2. The third-order valence-electron chi connectivity index (χ3n) is 4.17. The second-order valence-electron chi connectivity index (χ2n) is 6.34. The molecule has 1 fully saturated rings. The lowest BCUT2D eigenvalue weighted by Gasteiger charge is -2.15. The molecular formula is C19H28IN5S. The fourth-order valence-electron chi connectivity index (χ4n) is 2.62. The van der Waals surface area contributed by atoms with Crippen LogP contribution < -0.4 is 10.6 Å². The van der Waals surface area contributed by atoms with Crippen molar-refractivity contribution in [2.75, 3.05) is 19.6 Å². The molecular weight excluding hydrogens is 457 g/mol. The van der Waals surface area contributed by atoms with E-state index >= 15 is 0 Å². The van der Waals surface area contributed by atoms with E-state index in [0.717, 1.165) is 38.6 Å². The van der Waals surface area contributed by atoms with Crippen LogP contribution in [0.1, 0.15) is 26.2 Å². The average molecular weight is 485 g/mol. The summed E-state index contributed by atoms with van der Waals surface area (Å²) in [5.41, 5.74) is 0. The molecule has 1 aromatic carbocycles. The summed E-state index contributed by atoms with van der Waals surface area (Å²) < 4.78 is 2.25. The van der Waals surface area contributed by atoms with Crippen molar-refractivity contribution in [2.24, 2.45) is 4.99 Å². The van der Waals surface area contributed by atoms with E-state index in [-0.39, 0.29) is 24.0 Å². The number of guanidine groups is 1. The molecule has 2 N–H and O–H groups in total. The van der Waals surface area contributed by atoms with E-state index in [2.05, 4.69) is 53.0 Å². The minimum absolute atomic E-state index is 0. The molecule has 142 valence electrons. The molecule has 0 radical (unpaired) electrons. The van der Waals surface area contributed by atoms with Crippen LogP contribution >= 0.6 is 35.7 Å². The van der Waals surface area contributed by atoms with Gasteiger partial charge in [-0.15, -0.1) is 35.7 Å². The molecule has 1 aliphatic rings. The third kappa shape index (κ3) is 6.83. The summed E-state index contributed by atoms with van der Waals surface area (Å²) in [4.78, 5) is 6.17. The number of hydrogen-bond acceptors (Lipinski definition) is 3. The van der Waals surface area contributed by atoms with E-state index < -0.39 is 0 Å². The summed E-state index contributed by atoms with van der Waals surface area (Å²) >= 11 is 1.97. The van der Waals surface area contributed by atoms with Crippen LogP contribution in [0.15, 0.2) is 58.7 Å². The van der Waals surface area contributed by atoms with Gasteiger partial charge < -0.3 is 10.6 Å². The van der Waals surface area contributed by atoms with Crippen molar-refractivity contribution in [2.45, 2.75) is 42.4 Å². The normalized spacial score (nSPS) is 15.2. The molecule has 7 heteroatoms. The van der Waals surface area contributed by atoms with Crippen LogP contribution in [-0.4, -0.2) is 40.1 Å². The van der Waals surface area contributed by atoms with Gasteiger partial charge in [0.1, 0.15) is 0 Å². The summed E-state index contributed by atoms with van der Waals surface area (Å²) in [7, 11) is 0. The second kappa shape index (κ2) is 10.8. The van der Waals surface area contributed by atoms with E-state index in [0.29, 0.717) is 4.75 Å². The summed E-state index contributed by atoms with van der Waals surface area (Å²) in [5.74, 6) is 0.919. The van der Waals surface area contributed by atoms with Crippen molar-refractivity contribution < 1.29 is 0 Å². The zero-order chi connectivity index (χ0) is 17.4. The van der Waals surface area contributed by atoms with Gasteiger partial charge in [-0.1, -0.05) is 18.2 Å². The van der Waals surface area contributed by atoms with Gasteiger partial charge in [-0.25, -0.2) is 0 Å². The van der Waals surface area contributed by atoms with Crippen molar-refractivity contribution in [3.63, 3.8) is 0 Å². The van der Waals surface area contributed by atoms with Gasteiger partial charge in [0.15, 0.2) is 5.96 Å². The average Bonchev–Trinajstić information content (AvgIpc) is 3.18. The summed E-state index contributed by atoms with van der Waals surface area (Å²) in [6.45, 7) is 5.66. The maximum absolute atomic E-state index is 4.83. The summed E-state index contributed by atoms with van der Waals surface area (Å²) in [5, 5.41) is 11.0. The van der Waals surface area contributed by atoms with Crippen LogP contribution in [-0.2, 0) is 6.54 Å². The highest BCUT2D eigenvalue weighted by Gasteiger charge is 2.43. The van der Waals surface area contributed by atoms with Gasteiger partial charge in [0, 0.05) is 41.7 Å². The van der Waals surface area contributed by atoms with Crippen LogP contribution in [0.4, 0.5) is 0 Å². The third-order valence-corrected chi connectivity index (χ3v) is 5.65. The summed E-state index contributed by atoms with van der Waals surface area (Å²) in [6, 6.07) is 12.6. The van der Waals surface area contributed by atoms with Crippen LogP contribution in [0, 0.1) is 0 Å². The Bertz CT molecular complexity index is 656. The molecule has 1 aromatic heterocycles. The molecule has 3 rings (SSSR count). The number of hydrogen-bond donors (Lipinski definition) is 2. The SMILES string of the molecule is CCNC(=NCC1(Sc2ccccc2)CC1)NCCCn1cccn1.I. The predicted octanol–water partition coefficient (Wildman–Crippen LogP) is 3.77. The van der Waals surface area contributed by atoms with Crippen molar-refractivity contribution in [1.82, 2.24) is 20.4 Å². The van der Waals surface area contributed by atoms with Crippen molar-refractivity contribution >= 4 is 41.7 Å². The van der Waals surface area contributed by atoms with Gasteiger partial charge in [-0.05, 0) is 44.4 Å². The highest BCUT2D eigenvalue weighted by Crippen LogP contribution is 2.51. The molecule has 1 aliphatic carbocycles. The van der Waals surface area contributed by atoms with E-state index in [9.17, 15) is 0 Å². The number of nitrogens with zero attached hydrogens (tertiary/aromatic N) is 3. The molecule has 0 bridgehead atoms. The van der Waals surface area contributed by atoms with E-state index in [1.807, 2.05) is 34.9 Å². The van der Waals surface area contributed by atoms with Crippen molar-refractivity contribution in [1.29, 1.82) is 0 Å². The molecule has 1 saturated carbocycles. The first kappa shape index (κ1) is 21.1. The van der Waals surface area contributed by atoms with Crippen LogP contribution in [0.2, 0.25) is 0 Å². The Kier molecular flexibility index (Phi) is 8.77. The smallest absolute Gasteiger partial charge is 0.191 e. The van der Waals surface area contributed by atoms with Gasteiger partial charge in [0.05, 0.1) is 6.54 Å². The molecule has 0 aliphatic heterocycles. The Labute approximate surface area is 177 Å². The number of aliphatic imine (C=N–C) groups is 1. The molecule has 26 heavy (non-hydrogen) atoms. The van der Waals surface area contributed by atoms with Gasteiger partial charge >= 0.3 is 0 Å². The lowest BCUT2D eigenvalue weighted by Crippen LogP contribution is -2.38. The summed E-state index contributed by atoms with van der Waals surface area (Å²) in [6.07, 6.45) is 7.33. The van der Waals surface area contributed by atoms with Crippen LogP contribution in [0.5, 0.6) is 0 Å². The Balaban J connectivity index is 0.00000243. The standard InChI is InChI=1S/C19H27N5S.HI/c1-2-20-18(21-12-6-14-24-15-7-13-23-24)22-16-19(10-11-19)25-17-8-4-3-5-9-17;/h3-5,7-9,13,15H,2,6,10-12,14,16H2,1H3,(H2,20,21,22);1H. The molecule has 0 spiro atoms. The lowest BCUT2D eigenvalue weighted by molar-refractivity contribution is 0.570. The Morgan fingerprint density at radius 3 is 2.69 bits per heavy atom. The highest BCUT2D eigenvalue weighted by atomic mass is 127. The fourth-order valence-corrected chi connectivity index (χ4v) is 3.84. The van der Waals surface area contributed by atoms with Crippen molar-refractivity contribution in [3.8, 4) is 0 Å². The first-order valence-electron chi connectivity index (χ1n) is 9.03. The Hall–Kier alpha value is -1.22. The number of halogens is 1. The monoisotopic (exact) mass is 485 g/mol. The van der Waals surface area contributed by atoms with Gasteiger partial charge in [-0.3, -0.25) is 9.67 Å². The molecule has 0 atom stereocenters. The van der Waals surface area contributed by atoms with Crippen molar-refractivity contribution in [3.05, 3.63) is 48.8 Å². The maximum atomic E-state index is 4.83. The van der Waals surface area contributed by atoms with E-state index in [1.165, 1.54) is 17.7 Å². The minimum atomic E-state index is 0. The zero-order valence-corrected chi connectivity index (χ0v) is 18.4. The van der Waals surface area contributed by atoms with Gasteiger partial charge in [0.25, 0.3) is 0 Å². The largest absolute Gasteiger partial charge is 0.357 e. The Morgan fingerprint density at radius 2 is 2.04 bits per heavy atom. The zero-order valence-electron chi connectivity index (χ0n) is 15.2.